The number of hydrogen-bond donors (Lipinski definition) is 0. The van der Waals surface area contributed by atoms with E-state index in [2.05, 4.69) is 77.0 Å². The molecule has 2 aliphatic rings. The van der Waals surface area contributed by atoms with E-state index in [9.17, 15) is 9.59 Å². The van der Waals surface area contributed by atoms with Crippen molar-refractivity contribution in [2.24, 2.45) is 0 Å². The zero-order valence-corrected chi connectivity index (χ0v) is 26.7. The molecular formula is C39H41N5O2. The van der Waals surface area contributed by atoms with E-state index in [1.165, 1.54) is 10.8 Å². The maximum atomic E-state index is 14.2. The van der Waals surface area contributed by atoms with Crippen LogP contribution in [0.4, 0.5) is 5.69 Å². The molecule has 0 N–H and O–H groups in total. The molecule has 0 unspecified atom stereocenters. The fourth-order valence-corrected chi connectivity index (χ4v) is 6.90. The number of fused-ring (bicyclic) bond motifs is 3. The van der Waals surface area contributed by atoms with Crippen LogP contribution in [0.5, 0.6) is 0 Å². The molecule has 5 aromatic rings. The molecule has 4 aromatic carbocycles. The lowest BCUT2D eigenvalue weighted by Gasteiger charge is -2.35. The Bertz CT molecular complexity index is 1860. The lowest BCUT2D eigenvalue weighted by atomic mass is 9.97. The molecule has 7 heteroatoms. The third-order valence-corrected chi connectivity index (χ3v) is 9.44. The first-order valence-corrected chi connectivity index (χ1v) is 16.3. The Balaban J connectivity index is 1.11. The van der Waals surface area contributed by atoms with Gasteiger partial charge in [0.2, 0.25) is 0 Å². The predicted octanol–water partition coefficient (Wildman–Crippen LogP) is 6.23. The normalized spacial score (nSPS) is 15.1. The van der Waals surface area contributed by atoms with Gasteiger partial charge in [-0.3, -0.25) is 14.5 Å². The number of amides is 2. The van der Waals surface area contributed by atoms with Gasteiger partial charge in [0.25, 0.3) is 11.8 Å². The molecule has 1 saturated heterocycles. The predicted molar refractivity (Wildman–Crippen MR) is 185 cm³/mol. The van der Waals surface area contributed by atoms with Crippen LogP contribution in [0.1, 0.15) is 38.5 Å². The maximum absolute atomic E-state index is 14.2. The van der Waals surface area contributed by atoms with Gasteiger partial charge in [0.05, 0.1) is 13.1 Å². The average molecular weight is 612 g/mol. The number of aromatic nitrogens is 1. The monoisotopic (exact) mass is 611 g/mol. The number of anilines is 1. The Kier molecular flexibility index (Phi) is 8.43. The molecule has 7 nitrogen and oxygen atoms in total. The van der Waals surface area contributed by atoms with Crippen molar-refractivity contribution in [3.05, 3.63) is 126 Å². The minimum absolute atomic E-state index is 0.0511. The summed E-state index contributed by atoms with van der Waals surface area (Å²) in [5, 5.41) is 2.39. The Labute approximate surface area is 271 Å². The smallest absolute Gasteiger partial charge is 0.270 e. The van der Waals surface area contributed by atoms with Crippen molar-refractivity contribution in [3.63, 3.8) is 0 Å². The van der Waals surface area contributed by atoms with E-state index in [0.717, 1.165) is 73.8 Å². The zero-order valence-electron chi connectivity index (χ0n) is 26.7. The number of nitrogens with zero attached hydrogens (tertiary/aromatic N) is 5. The summed E-state index contributed by atoms with van der Waals surface area (Å²) in [5.74, 6) is 0.0188. The highest BCUT2D eigenvalue weighted by atomic mass is 16.2. The van der Waals surface area contributed by atoms with Crippen molar-refractivity contribution >= 4 is 28.3 Å². The van der Waals surface area contributed by atoms with Crippen LogP contribution in [0.25, 0.3) is 21.9 Å². The van der Waals surface area contributed by atoms with Gasteiger partial charge < -0.3 is 19.3 Å². The molecule has 0 spiro atoms. The van der Waals surface area contributed by atoms with Crippen molar-refractivity contribution in [1.29, 1.82) is 0 Å². The van der Waals surface area contributed by atoms with Crippen LogP contribution in [-0.4, -0.2) is 84.4 Å². The number of carbonyl (C=O) groups excluding carboxylic acids is 2. The number of hydrogen-bond acceptors (Lipinski definition) is 4. The van der Waals surface area contributed by atoms with Crippen molar-refractivity contribution < 1.29 is 9.59 Å². The molecule has 3 heterocycles. The first kappa shape index (κ1) is 30.0. The molecule has 0 saturated carbocycles. The third-order valence-electron chi connectivity index (χ3n) is 9.44. The number of rotatable bonds is 7. The second kappa shape index (κ2) is 12.9. The van der Waals surface area contributed by atoms with E-state index in [-0.39, 0.29) is 11.8 Å². The minimum atomic E-state index is -0.0511. The van der Waals surface area contributed by atoms with Crippen molar-refractivity contribution in [2.75, 3.05) is 58.3 Å². The van der Waals surface area contributed by atoms with Crippen molar-refractivity contribution in [3.8, 4) is 11.1 Å². The molecule has 0 atom stereocenters. The van der Waals surface area contributed by atoms with Gasteiger partial charge in [0.15, 0.2) is 0 Å². The Morgan fingerprint density at radius 3 is 2.26 bits per heavy atom. The van der Waals surface area contributed by atoms with Gasteiger partial charge >= 0.3 is 0 Å². The Morgan fingerprint density at radius 2 is 1.46 bits per heavy atom. The van der Waals surface area contributed by atoms with Gasteiger partial charge in [-0.1, -0.05) is 72.8 Å². The van der Waals surface area contributed by atoms with Crippen LogP contribution in [0.3, 0.4) is 0 Å². The fraction of sp³-hybridized carbons (Fsp3) is 0.282. The summed E-state index contributed by atoms with van der Waals surface area (Å²) in [7, 11) is 4.21. The SMILES string of the molecule is CN(C)CCCN1CCN(C(=O)c2ccc3n2Cc2ccccc2N(C(=O)c2ccc(-c4cccc5ccccc45)cc2)C3)CC1. The first-order chi connectivity index (χ1) is 22.5. The Morgan fingerprint density at radius 1 is 0.717 bits per heavy atom. The molecule has 234 valence electrons. The van der Waals surface area contributed by atoms with Crippen LogP contribution in [0.2, 0.25) is 0 Å². The Hall–Kier alpha value is -4.72. The summed E-state index contributed by atoms with van der Waals surface area (Å²) in [6.45, 7) is 6.35. The first-order valence-electron chi connectivity index (χ1n) is 16.3. The van der Waals surface area contributed by atoms with E-state index in [1.54, 1.807) is 0 Å². The van der Waals surface area contributed by atoms with Crippen LogP contribution >= 0.6 is 0 Å². The molecule has 1 fully saturated rings. The van der Waals surface area contributed by atoms with Crippen LogP contribution in [0, 0.1) is 0 Å². The zero-order chi connectivity index (χ0) is 31.6. The van der Waals surface area contributed by atoms with E-state index in [4.69, 9.17) is 0 Å². The van der Waals surface area contributed by atoms with Gasteiger partial charge in [-0.25, -0.2) is 0 Å². The summed E-state index contributed by atoms with van der Waals surface area (Å²) >= 11 is 0. The number of carbonyl (C=O) groups is 2. The highest BCUT2D eigenvalue weighted by Gasteiger charge is 2.30. The molecule has 0 radical (unpaired) electrons. The topological polar surface area (TPSA) is 52.0 Å². The van der Waals surface area contributed by atoms with Crippen molar-refractivity contribution in [2.45, 2.75) is 19.5 Å². The van der Waals surface area contributed by atoms with Crippen LogP contribution < -0.4 is 4.90 Å². The van der Waals surface area contributed by atoms with E-state index in [0.29, 0.717) is 24.3 Å². The largest absolute Gasteiger partial charge is 0.335 e. The van der Waals surface area contributed by atoms with Crippen LogP contribution in [0.15, 0.2) is 103 Å². The van der Waals surface area contributed by atoms with Crippen molar-refractivity contribution in [1.82, 2.24) is 19.3 Å². The van der Waals surface area contributed by atoms with E-state index < -0.39 is 0 Å². The van der Waals surface area contributed by atoms with Gasteiger partial charge in [-0.15, -0.1) is 0 Å². The number of para-hydroxylation sites is 1. The molecular weight excluding hydrogens is 570 g/mol. The van der Waals surface area contributed by atoms with Crippen LogP contribution in [-0.2, 0) is 13.1 Å². The third kappa shape index (κ3) is 5.96. The summed E-state index contributed by atoms with van der Waals surface area (Å²) in [5.41, 5.74) is 6.44. The molecule has 0 bridgehead atoms. The highest BCUT2D eigenvalue weighted by Crippen LogP contribution is 2.32. The molecule has 2 aliphatic heterocycles. The molecule has 46 heavy (non-hydrogen) atoms. The van der Waals surface area contributed by atoms with Gasteiger partial charge in [-0.05, 0) is 91.4 Å². The standard InChI is InChI=1S/C39H41N5O2/c1-40(2)21-8-22-41-23-25-42(26-24-41)39(46)37-20-19-33-28-44(36-14-6-4-10-32(36)27-43(33)37)38(45)31-17-15-30(16-18-31)35-13-7-11-29-9-3-5-12-34(29)35/h3-7,9-20H,8,21-28H2,1-2H3. The van der Waals surface area contributed by atoms with Gasteiger partial charge in [0.1, 0.15) is 5.69 Å². The quantitative estimate of drug-likeness (QED) is 0.219. The fourth-order valence-electron chi connectivity index (χ4n) is 6.90. The average Bonchev–Trinajstić information content (AvgIpc) is 3.40. The lowest BCUT2D eigenvalue weighted by molar-refractivity contribution is 0.0623. The number of piperazine rings is 1. The van der Waals surface area contributed by atoms with E-state index in [1.807, 2.05) is 64.4 Å². The molecule has 1 aromatic heterocycles. The minimum Gasteiger partial charge on any atom is -0.335 e. The summed E-state index contributed by atoms with van der Waals surface area (Å²) in [6.07, 6.45) is 1.14. The van der Waals surface area contributed by atoms with E-state index >= 15 is 0 Å². The second-order valence-electron chi connectivity index (χ2n) is 12.7. The summed E-state index contributed by atoms with van der Waals surface area (Å²) < 4.78 is 2.11. The molecule has 7 rings (SSSR count). The number of benzene rings is 4. The molecule has 2 amide bonds. The van der Waals surface area contributed by atoms with Gasteiger partial charge in [0, 0.05) is 43.1 Å². The summed E-state index contributed by atoms with van der Waals surface area (Å²) in [4.78, 5) is 36.5. The lowest BCUT2D eigenvalue weighted by Crippen LogP contribution is -2.49. The second-order valence-corrected chi connectivity index (χ2v) is 12.7. The highest BCUT2D eigenvalue weighted by molar-refractivity contribution is 6.07. The summed E-state index contributed by atoms with van der Waals surface area (Å²) in [6, 6.07) is 34.7. The van der Waals surface area contributed by atoms with Gasteiger partial charge in [-0.2, -0.15) is 0 Å². The maximum Gasteiger partial charge on any atom is 0.270 e. The molecule has 0 aliphatic carbocycles.